The number of carbonyl (C=O) groups is 1. The predicted octanol–water partition coefficient (Wildman–Crippen LogP) is 2.51. The second-order valence-corrected chi connectivity index (χ2v) is 4.00. The molecule has 0 atom stereocenters. The fourth-order valence-electron chi connectivity index (χ4n) is 1.81. The van der Waals surface area contributed by atoms with Crippen LogP contribution in [0, 0.1) is 0 Å². The summed E-state index contributed by atoms with van der Waals surface area (Å²) < 4.78 is 5.05. The maximum atomic E-state index is 11.1. The number of methoxy groups -OCH3 is 1. The van der Waals surface area contributed by atoms with Crippen molar-refractivity contribution in [3.8, 4) is 5.88 Å². The molecule has 0 saturated heterocycles. The lowest BCUT2D eigenvalue weighted by atomic mass is 10.1. The van der Waals surface area contributed by atoms with Gasteiger partial charge in [-0.25, -0.2) is 4.98 Å². The quantitative estimate of drug-likeness (QED) is 0.805. The summed E-state index contributed by atoms with van der Waals surface area (Å²) in [5, 5.41) is 0.866. The molecule has 2 aromatic heterocycles. The summed E-state index contributed by atoms with van der Waals surface area (Å²) in [6, 6.07) is 1.78. The third-order valence-corrected chi connectivity index (χ3v) is 2.63. The first-order valence-corrected chi connectivity index (χ1v) is 5.18. The van der Waals surface area contributed by atoms with E-state index in [1.807, 2.05) is 13.8 Å². The Kier molecular flexibility index (Phi) is 2.64. The molecule has 2 aromatic rings. The molecular formula is C12H14N2O2. The number of fused-ring (bicyclic) bond motifs is 1. The van der Waals surface area contributed by atoms with Crippen molar-refractivity contribution in [1.82, 2.24) is 9.97 Å². The minimum atomic E-state index is 0.276. The summed E-state index contributed by atoms with van der Waals surface area (Å²) in [7, 11) is 1.56. The van der Waals surface area contributed by atoms with Gasteiger partial charge in [0.1, 0.15) is 0 Å². The molecule has 0 aliphatic carbocycles. The molecule has 0 aromatic carbocycles. The smallest absolute Gasteiger partial charge is 0.213 e. The van der Waals surface area contributed by atoms with Gasteiger partial charge in [0, 0.05) is 22.7 Å². The number of rotatable bonds is 3. The molecule has 0 radical (unpaired) electrons. The lowest BCUT2D eigenvalue weighted by molar-refractivity contribution is 0.112. The average Bonchev–Trinajstić information content (AvgIpc) is 2.66. The van der Waals surface area contributed by atoms with Crippen LogP contribution in [0.4, 0.5) is 0 Å². The number of H-pyrrole nitrogens is 1. The maximum absolute atomic E-state index is 11.1. The highest BCUT2D eigenvalue weighted by molar-refractivity contribution is 5.99. The van der Waals surface area contributed by atoms with Crippen LogP contribution in [0.15, 0.2) is 12.3 Å². The summed E-state index contributed by atoms with van der Waals surface area (Å²) in [5.74, 6) is 0.795. The zero-order valence-corrected chi connectivity index (χ0v) is 9.57. The highest BCUT2D eigenvalue weighted by Crippen LogP contribution is 2.27. The first-order valence-electron chi connectivity index (χ1n) is 5.18. The SMILES string of the molecule is COc1cc2c(C=O)c(C(C)C)[nH]c2cn1. The number of ether oxygens (including phenoxy) is 1. The summed E-state index contributed by atoms with van der Waals surface area (Å²) in [5.41, 5.74) is 2.51. The molecule has 0 unspecified atom stereocenters. The third-order valence-electron chi connectivity index (χ3n) is 2.63. The van der Waals surface area contributed by atoms with Crippen LogP contribution in [0.25, 0.3) is 10.9 Å². The molecule has 84 valence electrons. The Morgan fingerprint density at radius 1 is 1.50 bits per heavy atom. The molecule has 0 fully saturated rings. The Morgan fingerprint density at radius 2 is 2.25 bits per heavy atom. The molecule has 0 amide bonds. The number of aromatic amines is 1. The zero-order chi connectivity index (χ0) is 11.7. The normalized spacial score (nSPS) is 11.0. The Hall–Kier alpha value is -1.84. The molecule has 2 heterocycles. The van der Waals surface area contributed by atoms with Gasteiger partial charge in [0.2, 0.25) is 5.88 Å². The van der Waals surface area contributed by atoms with Crippen molar-refractivity contribution < 1.29 is 9.53 Å². The number of hydrogen-bond donors (Lipinski definition) is 1. The van der Waals surface area contributed by atoms with E-state index in [1.54, 1.807) is 19.4 Å². The van der Waals surface area contributed by atoms with Crippen molar-refractivity contribution in [2.45, 2.75) is 19.8 Å². The van der Waals surface area contributed by atoms with E-state index in [1.165, 1.54) is 0 Å². The lowest BCUT2D eigenvalue weighted by Crippen LogP contribution is -1.92. The molecule has 0 spiro atoms. The lowest BCUT2D eigenvalue weighted by Gasteiger charge is -2.01. The molecule has 0 saturated carbocycles. The van der Waals surface area contributed by atoms with Crippen molar-refractivity contribution in [2.75, 3.05) is 7.11 Å². The van der Waals surface area contributed by atoms with Crippen LogP contribution in [0.5, 0.6) is 5.88 Å². The van der Waals surface area contributed by atoms with E-state index in [2.05, 4.69) is 9.97 Å². The van der Waals surface area contributed by atoms with Gasteiger partial charge in [-0.3, -0.25) is 4.79 Å². The van der Waals surface area contributed by atoms with Gasteiger partial charge in [0.25, 0.3) is 0 Å². The van der Waals surface area contributed by atoms with Gasteiger partial charge in [0.05, 0.1) is 18.8 Å². The van der Waals surface area contributed by atoms with Crippen molar-refractivity contribution in [3.63, 3.8) is 0 Å². The highest BCUT2D eigenvalue weighted by Gasteiger charge is 2.14. The van der Waals surface area contributed by atoms with E-state index in [-0.39, 0.29) is 5.92 Å². The van der Waals surface area contributed by atoms with E-state index >= 15 is 0 Å². The summed E-state index contributed by atoms with van der Waals surface area (Å²) in [6.07, 6.45) is 2.57. The van der Waals surface area contributed by atoms with E-state index in [9.17, 15) is 4.79 Å². The summed E-state index contributed by atoms with van der Waals surface area (Å²) in [4.78, 5) is 18.4. The molecular weight excluding hydrogens is 204 g/mol. The molecule has 4 heteroatoms. The maximum Gasteiger partial charge on any atom is 0.213 e. The number of pyridine rings is 1. The van der Waals surface area contributed by atoms with E-state index < -0.39 is 0 Å². The van der Waals surface area contributed by atoms with E-state index in [0.717, 1.165) is 22.9 Å². The van der Waals surface area contributed by atoms with Gasteiger partial charge in [0.15, 0.2) is 6.29 Å². The van der Waals surface area contributed by atoms with Crippen molar-refractivity contribution in [1.29, 1.82) is 0 Å². The summed E-state index contributed by atoms with van der Waals surface area (Å²) >= 11 is 0. The molecule has 0 aliphatic rings. The van der Waals surface area contributed by atoms with Gasteiger partial charge in [-0.05, 0) is 5.92 Å². The summed E-state index contributed by atoms with van der Waals surface area (Å²) in [6.45, 7) is 4.09. The molecule has 0 bridgehead atoms. The standard InChI is InChI=1S/C12H14N2O2/c1-7(2)12-9(6-15)8-4-11(16-3)13-5-10(8)14-12/h4-7,14H,1-3H3. The van der Waals surface area contributed by atoms with Crippen LogP contribution in [-0.4, -0.2) is 23.4 Å². The van der Waals surface area contributed by atoms with Crippen LogP contribution in [0.2, 0.25) is 0 Å². The van der Waals surface area contributed by atoms with Crippen molar-refractivity contribution >= 4 is 17.2 Å². The molecule has 4 nitrogen and oxygen atoms in total. The van der Waals surface area contributed by atoms with Gasteiger partial charge in [-0.15, -0.1) is 0 Å². The van der Waals surface area contributed by atoms with Crippen LogP contribution < -0.4 is 4.74 Å². The number of nitrogens with zero attached hydrogens (tertiary/aromatic N) is 1. The fourth-order valence-corrected chi connectivity index (χ4v) is 1.81. The Bertz CT molecular complexity index is 529. The number of hydrogen-bond acceptors (Lipinski definition) is 3. The second-order valence-electron chi connectivity index (χ2n) is 4.00. The third kappa shape index (κ3) is 1.56. The highest BCUT2D eigenvalue weighted by atomic mass is 16.5. The monoisotopic (exact) mass is 218 g/mol. The van der Waals surface area contributed by atoms with Gasteiger partial charge in [-0.2, -0.15) is 0 Å². The van der Waals surface area contributed by atoms with E-state index in [4.69, 9.17) is 4.74 Å². The number of nitrogens with one attached hydrogen (secondary N) is 1. The zero-order valence-electron chi connectivity index (χ0n) is 9.57. The average molecular weight is 218 g/mol. The van der Waals surface area contributed by atoms with Crippen LogP contribution in [0.3, 0.4) is 0 Å². The molecule has 1 N–H and O–H groups in total. The number of aromatic nitrogens is 2. The van der Waals surface area contributed by atoms with Crippen molar-refractivity contribution in [3.05, 3.63) is 23.5 Å². The van der Waals surface area contributed by atoms with Crippen molar-refractivity contribution in [2.24, 2.45) is 0 Å². The molecule has 16 heavy (non-hydrogen) atoms. The minimum Gasteiger partial charge on any atom is -0.481 e. The van der Waals surface area contributed by atoms with Crippen LogP contribution in [-0.2, 0) is 0 Å². The van der Waals surface area contributed by atoms with Gasteiger partial charge >= 0.3 is 0 Å². The largest absolute Gasteiger partial charge is 0.481 e. The Morgan fingerprint density at radius 3 is 2.81 bits per heavy atom. The topological polar surface area (TPSA) is 55.0 Å². The van der Waals surface area contributed by atoms with Crippen LogP contribution >= 0.6 is 0 Å². The Labute approximate surface area is 93.6 Å². The first-order chi connectivity index (χ1) is 7.67. The fraction of sp³-hybridized carbons (Fsp3) is 0.333. The van der Waals surface area contributed by atoms with Gasteiger partial charge in [-0.1, -0.05) is 13.8 Å². The molecule has 2 rings (SSSR count). The number of carbonyl (C=O) groups excluding carboxylic acids is 1. The number of aldehydes is 1. The predicted molar refractivity (Wildman–Crippen MR) is 62.1 cm³/mol. The van der Waals surface area contributed by atoms with Gasteiger partial charge < -0.3 is 9.72 Å². The first kappa shape index (κ1) is 10.7. The van der Waals surface area contributed by atoms with Crippen LogP contribution in [0.1, 0.15) is 35.8 Å². The Balaban J connectivity index is 2.73. The van der Waals surface area contributed by atoms with E-state index in [0.29, 0.717) is 11.4 Å². The second kappa shape index (κ2) is 3.96. The molecule has 0 aliphatic heterocycles. The minimum absolute atomic E-state index is 0.276.